The number of halogens is 2. The summed E-state index contributed by atoms with van der Waals surface area (Å²) in [4.78, 5) is 15.7. The van der Waals surface area contributed by atoms with Gasteiger partial charge >= 0.3 is 0 Å². The maximum atomic E-state index is 13.3. The van der Waals surface area contributed by atoms with Crippen LogP contribution in [0.4, 0.5) is 4.39 Å². The van der Waals surface area contributed by atoms with Crippen molar-refractivity contribution in [3.8, 4) is 11.5 Å². The lowest BCUT2D eigenvalue weighted by molar-refractivity contribution is 0.0997. The number of amides is 1. The molecule has 1 heterocycles. The molecule has 1 amide bonds. The van der Waals surface area contributed by atoms with E-state index in [0.717, 1.165) is 0 Å². The molecule has 0 aliphatic carbocycles. The second-order valence-corrected chi connectivity index (χ2v) is 5.12. The summed E-state index contributed by atoms with van der Waals surface area (Å²) in [5.41, 5.74) is 6.68. The molecule has 0 saturated heterocycles. The van der Waals surface area contributed by atoms with Crippen LogP contribution < -0.4 is 10.5 Å². The molecule has 4 nitrogen and oxygen atoms in total. The van der Waals surface area contributed by atoms with Crippen LogP contribution in [0.25, 0.3) is 0 Å². The first-order chi connectivity index (χ1) is 9.38. The molecular formula is C14H12BrFN2O2. The predicted molar refractivity (Wildman–Crippen MR) is 76.4 cm³/mol. The van der Waals surface area contributed by atoms with Gasteiger partial charge in [-0.2, -0.15) is 0 Å². The van der Waals surface area contributed by atoms with E-state index in [9.17, 15) is 9.18 Å². The number of nitrogens with zero attached hydrogens (tertiary/aromatic N) is 1. The quantitative estimate of drug-likeness (QED) is 0.931. The first-order valence-corrected chi connectivity index (χ1v) is 6.58. The van der Waals surface area contributed by atoms with Crippen LogP contribution in [0, 0.1) is 19.7 Å². The Hall–Kier alpha value is -1.95. The Morgan fingerprint density at radius 2 is 2.00 bits per heavy atom. The van der Waals surface area contributed by atoms with Crippen LogP contribution in [0.1, 0.15) is 21.7 Å². The monoisotopic (exact) mass is 338 g/mol. The molecule has 0 fully saturated rings. The predicted octanol–water partition coefficient (Wildman–Crippen LogP) is 3.49. The van der Waals surface area contributed by atoms with Crippen molar-refractivity contribution >= 4 is 21.8 Å². The van der Waals surface area contributed by atoms with Gasteiger partial charge < -0.3 is 10.5 Å². The molecule has 104 valence electrons. The van der Waals surface area contributed by atoms with E-state index in [1.165, 1.54) is 18.2 Å². The fourth-order valence-corrected chi connectivity index (χ4v) is 2.17. The van der Waals surface area contributed by atoms with Crippen molar-refractivity contribution in [2.75, 3.05) is 0 Å². The number of rotatable bonds is 3. The maximum Gasteiger partial charge on any atom is 0.254 e. The highest BCUT2D eigenvalue weighted by atomic mass is 79.9. The molecule has 1 aromatic carbocycles. The van der Waals surface area contributed by atoms with Gasteiger partial charge in [-0.15, -0.1) is 0 Å². The van der Waals surface area contributed by atoms with Crippen LogP contribution in [-0.4, -0.2) is 10.9 Å². The topological polar surface area (TPSA) is 65.2 Å². The third kappa shape index (κ3) is 2.96. The van der Waals surface area contributed by atoms with Gasteiger partial charge in [-0.25, -0.2) is 4.39 Å². The van der Waals surface area contributed by atoms with Crippen LogP contribution in [0.2, 0.25) is 0 Å². The molecule has 2 N–H and O–H groups in total. The second kappa shape index (κ2) is 5.58. The number of carbonyl (C=O) groups is 1. The Kier molecular flexibility index (Phi) is 4.04. The van der Waals surface area contributed by atoms with Gasteiger partial charge in [-0.1, -0.05) is 0 Å². The molecule has 0 aliphatic rings. The lowest BCUT2D eigenvalue weighted by atomic mass is 10.1. The summed E-state index contributed by atoms with van der Waals surface area (Å²) >= 11 is 3.26. The van der Waals surface area contributed by atoms with E-state index >= 15 is 0 Å². The Morgan fingerprint density at radius 1 is 1.30 bits per heavy atom. The number of ether oxygens (including phenoxy) is 1. The molecule has 0 aliphatic heterocycles. The molecule has 0 atom stereocenters. The lowest BCUT2D eigenvalue weighted by Gasteiger charge is -2.13. The average molecular weight is 339 g/mol. The number of benzene rings is 1. The van der Waals surface area contributed by atoms with Crippen molar-refractivity contribution in [1.82, 2.24) is 4.98 Å². The van der Waals surface area contributed by atoms with E-state index in [4.69, 9.17) is 10.5 Å². The summed E-state index contributed by atoms with van der Waals surface area (Å²) in [6, 6.07) is 5.63. The third-order valence-electron chi connectivity index (χ3n) is 2.65. The number of nitrogens with two attached hydrogens (primary N) is 1. The van der Waals surface area contributed by atoms with Gasteiger partial charge in [-0.3, -0.25) is 9.78 Å². The maximum absolute atomic E-state index is 13.3. The molecule has 0 unspecified atom stereocenters. The summed E-state index contributed by atoms with van der Waals surface area (Å²) in [6.07, 6.45) is 0. The van der Waals surface area contributed by atoms with Crippen LogP contribution in [0.5, 0.6) is 11.5 Å². The first-order valence-electron chi connectivity index (χ1n) is 5.79. The molecule has 0 saturated carbocycles. The van der Waals surface area contributed by atoms with Crippen LogP contribution in [-0.2, 0) is 0 Å². The summed E-state index contributed by atoms with van der Waals surface area (Å²) in [7, 11) is 0. The van der Waals surface area contributed by atoms with Crippen LogP contribution in [0.15, 0.2) is 28.7 Å². The van der Waals surface area contributed by atoms with Crippen LogP contribution in [0.3, 0.4) is 0 Å². The average Bonchev–Trinajstić information content (AvgIpc) is 2.32. The lowest BCUT2D eigenvalue weighted by Crippen LogP contribution is -2.15. The van der Waals surface area contributed by atoms with Crippen molar-refractivity contribution in [2.45, 2.75) is 13.8 Å². The van der Waals surface area contributed by atoms with Crippen molar-refractivity contribution in [3.63, 3.8) is 0 Å². The van der Waals surface area contributed by atoms with E-state index in [1.807, 2.05) is 0 Å². The SMILES string of the molecule is Cc1cc(Oc2cc(F)ccc2Br)c(C(N)=O)c(C)n1. The smallest absolute Gasteiger partial charge is 0.254 e. The van der Waals surface area contributed by atoms with Gasteiger partial charge in [0.15, 0.2) is 0 Å². The Morgan fingerprint density at radius 3 is 2.65 bits per heavy atom. The minimum Gasteiger partial charge on any atom is -0.455 e. The molecular weight excluding hydrogens is 327 g/mol. The Balaban J connectivity index is 2.53. The number of hydrogen-bond donors (Lipinski definition) is 1. The van der Waals surface area contributed by atoms with E-state index in [1.54, 1.807) is 19.9 Å². The molecule has 0 radical (unpaired) electrons. The van der Waals surface area contributed by atoms with Gasteiger partial charge in [0.25, 0.3) is 5.91 Å². The Labute approximate surface area is 123 Å². The summed E-state index contributed by atoms with van der Waals surface area (Å²) in [5.74, 6) is -0.560. The number of primary amides is 1. The largest absolute Gasteiger partial charge is 0.455 e. The number of pyridine rings is 1. The van der Waals surface area contributed by atoms with Gasteiger partial charge in [0.2, 0.25) is 0 Å². The minimum absolute atomic E-state index is 0.187. The van der Waals surface area contributed by atoms with Gasteiger partial charge in [0.05, 0.1) is 10.2 Å². The standard InChI is InChI=1S/C14H12BrFN2O2/c1-7-5-12(13(14(17)19)8(2)18-7)20-11-6-9(16)3-4-10(11)15/h3-6H,1-2H3,(H2,17,19). The van der Waals surface area contributed by atoms with Gasteiger partial charge in [0, 0.05) is 17.8 Å². The molecule has 6 heteroatoms. The fourth-order valence-electron chi connectivity index (χ4n) is 1.85. The van der Waals surface area contributed by atoms with E-state index < -0.39 is 11.7 Å². The molecule has 0 spiro atoms. The van der Waals surface area contributed by atoms with Crippen molar-refractivity contribution in [3.05, 3.63) is 51.5 Å². The zero-order chi connectivity index (χ0) is 14.9. The second-order valence-electron chi connectivity index (χ2n) is 4.26. The molecule has 1 aromatic heterocycles. The highest BCUT2D eigenvalue weighted by Crippen LogP contribution is 2.33. The summed E-state index contributed by atoms with van der Waals surface area (Å²) < 4.78 is 19.4. The molecule has 0 bridgehead atoms. The minimum atomic E-state index is -0.641. The number of aromatic nitrogens is 1. The molecule has 20 heavy (non-hydrogen) atoms. The van der Waals surface area contributed by atoms with Gasteiger partial charge in [-0.05, 0) is 41.9 Å². The molecule has 2 rings (SSSR count). The third-order valence-corrected chi connectivity index (χ3v) is 3.31. The number of aryl methyl sites for hydroxylation is 2. The Bertz CT molecular complexity index is 689. The highest BCUT2D eigenvalue weighted by molar-refractivity contribution is 9.10. The summed E-state index contributed by atoms with van der Waals surface area (Å²) in [6.45, 7) is 3.44. The normalized spacial score (nSPS) is 10.4. The van der Waals surface area contributed by atoms with Crippen molar-refractivity contribution in [2.24, 2.45) is 5.73 Å². The van der Waals surface area contributed by atoms with E-state index in [2.05, 4.69) is 20.9 Å². The zero-order valence-corrected chi connectivity index (χ0v) is 12.5. The van der Waals surface area contributed by atoms with Gasteiger partial charge in [0.1, 0.15) is 22.9 Å². The van der Waals surface area contributed by atoms with E-state index in [0.29, 0.717) is 15.9 Å². The van der Waals surface area contributed by atoms with Crippen LogP contribution >= 0.6 is 15.9 Å². The number of hydrogen-bond acceptors (Lipinski definition) is 3. The van der Waals surface area contributed by atoms with Crippen molar-refractivity contribution < 1.29 is 13.9 Å². The zero-order valence-electron chi connectivity index (χ0n) is 10.9. The molecule has 2 aromatic rings. The van der Waals surface area contributed by atoms with Crippen molar-refractivity contribution in [1.29, 1.82) is 0 Å². The summed E-state index contributed by atoms with van der Waals surface area (Å²) in [5, 5.41) is 0. The highest BCUT2D eigenvalue weighted by Gasteiger charge is 2.16. The van der Waals surface area contributed by atoms with E-state index in [-0.39, 0.29) is 17.1 Å². The first kappa shape index (κ1) is 14.5. The number of carbonyl (C=O) groups excluding carboxylic acids is 1. The fraction of sp³-hybridized carbons (Fsp3) is 0.143.